The van der Waals surface area contributed by atoms with Gasteiger partial charge >= 0.3 is 0 Å². The molecule has 0 radical (unpaired) electrons. The van der Waals surface area contributed by atoms with Crippen molar-refractivity contribution in [1.82, 2.24) is 0 Å². The first kappa shape index (κ1) is 7.59. The first-order valence-electron chi connectivity index (χ1n) is 2.48. The van der Waals surface area contributed by atoms with E-state index in [1.807, 2.05) is 0 Å². The zero-order chi connectivity index (χ0) is 6.62. The molecule has 8 heavy (non-hydrogen) atoms. The minimum absolute atomic E-state index is 0.257. The van der Waals surface area contributed by atoms with Crippen LogP contribution in [-0.2, 0) is 4.79 Å². The fraction of sp³-hybridized carbons (Fsp3) is 0.800. The van der Waals surface area contributed by atoms with Gasteiger partial charge in [-0.3, -0.25) is 0 Å². The van der Waals surface area contributed by atoms with E-state index in [0.717, 1.165) is 0 Å². The van der Waals surface area contributed by atoms with E-state index in [4.69, 9.17) is 10.2 Å². The highest BCUT2D eigenvalue weighted by atomic mass is 16.3. The maximum atomic E-state index is 9.88. The van der Waals surface area contributed by atoms with Crippen molar-refractivity contribution in [3.8, 4) is 0 Å². The summed E-state index contributed by atoms with van der Waals surface area (Å²) in [5.41, 5.74) is -1.50. The molecular formula is C5H10O3. The van der Waals surface area contributed by atoms with Gasteiger partial charge < -0.3 is 15.0 Å². The van der Waals surface area contributed by atoms with Crippen LogP contribution in [0.25, 0.3) is 0 Å². The van der Waals surface area contributed by atoms with Crippen molar-refractivity contribution in [2.45, 2.75) is 18.9 Å². The van der Waals surface area contributed by atoms with Crippen LogP contribution in [0.2, 0.25) is 0 Å². The molecule has 0 aromatic rings. The zero-order valence-corrected chi connectivity index (χ0v) is 4.79. The van der Waals surface area contributed by atoms with E-state index in [1.165, 1.54) is 0 Å². The van der Waals surface area contributed by atoms with E-state index in [-0.39, 0.29) is 6.42 Å². The highest BCUT2D eigenvalue weighted by Gasteiger charge is 2.21. The van der Waals surface area contributed by atoms with Gasteiger partial charge in [0.2, 0.25) is 0 Å². The SMILES string of the molecule is CCC(O)(C=O)CO. The number of aliphatic hydroxyl groups excluding tert-OH is 1. The van der Waals surface area contributed by atoms with Crippen molar-refractivity contribution in [2.24, 2.45) is 0 Å². The Morgan fingerprint density at radius 2 is 2.25 bits per heavy atom. The van der Waals surface area contributed by atoms with Gasteiger partial charge in [0.25, 0.3) is 0 Å². The highest BCUT2D eigenvalue weighted by Crippen LogP contribution is 2.02. The lowest BCUT2D eigenvalue weighted by molar-refractivity contribution is -0.128. The predicted octanol–water partition coefficient (Wildman–Crippen LogP) is -0.681. The molecule has 0 saturated heterocycles. The third-order valence-electron chi connectivity index (χ3n) is 1.11. The van der Waals surface area contributed by atoms with Gasteiger partial charge in [0.15, 0.2) is 6.29 Å². The number of carbonyl (C=O) groups is 1. The molecule has 3 nitrogen and oxygen atoms in total. The molecule has 0 spiro atoms. The molecule has 0 bridgehead atoms. The van der Waals surface area contributed by atoms with E-state index < -0.39 is 12.2 Å². The summed E-state index contributed by atoms with van der Waals surface area (Å²) in [5, 5.41) is 17.1. The summed E-state index contributed by atoms with van der Waals surface area (Å²) < 4.78 is 0. The Hall–Kier alpha value is -0.410. The van der Waals surface area contributed by atoms with Crippen molar-refractivity contribution >= 4 is 6.29 Å². The van der Waals surface area contributed by atoms with E-state index in [9.17, 15) is 4.79 Å². The third-order valence-corrected chi connectivity index (χ3v) is 1.11. The minimum Gasteiger partial charge on any atom is -0.393 e. The Morgan fingerprint density at radius 3 is 2.25 bits per heavy atom. The molecule has 3 heteroatoms. The number of aliphatic hydroxyl groups is 2. The molecule has 0 heterocycles. The third kappa shape index (κ3) is 1.60. The number of rotatable bonds is 3. The van der Waals surface area contributed by atoms with Gasteiger partial charge in [-0.15, -0.1) is 0 Å². The summed E-state index contributed by atoms with van der Waals surface area (Å²) >= 11 is 0. The Balaban J connectivity index is 3.76. The normalized spacial score (nSPS) is 17.4. The fourth-order valence-corrected chi connectivity index (χ4v) is 0.232. The Labute approximate surface area is 47.9 Å². The molecule has 0 saturated carbocycles. The van der Waals surface area contributed by atoms with Crippen LogP contribution in [0.15, 0.2) is 0 Å². The van der Waals surface area contributed by atoms with Gasteiger partial charge in [-0.05, 0) is 6.42 Å². The number of carbonyl (C=O) groups excluding carboxylic acids is 1. The van der Waals surface area contributed by atoms with Crippen molar-refractivity contribution in [3.05, 3.63) is 0 Å². The maximum absolute atomic E-state index is 9.88. The molecule has 0 aliphatic carbocycles. The summed E-state index contributed by atoms with van der Waals surface area (Å²) in [5.74, 6) is 0. The summed E-state index contributed by atoms with van der Waals surface area (Å²) in [6.07, 6.45) is 0.611. The number of hydrogen-bond acceptors (Lipinski definition) is 3. The van der Waals surface area contributed by atoms with Crippen LogP contribution in [0.4, 0.5) is 0 Å². The molecule has 0 aliphatic rings. The molecule has 0 rings (SSSR count). The molecule has 1 unspecified atom stereocenters. The maximum Gasteiger partial charge on any atom is 0.153 e. The van der Waals surface area contributed by atoms with Gasteiger partial charge in [-0.1, -0.05) is 6.92 Å². The Morgan fingerprint density at radius 1 is 1.75 bits per heavy atom. The van der Waals surface area contributed by atoms with Gasteiger partial charge in [0.05, 0.1) is 6.61 Å². The second-order valence-corrected chi connectivity index (χ2v) is 1.73. The number of hydrogen-bond donors (Lipinski definition) is 2. The van der Waals surface area contributed by atoms with E-state index in [0.29, 0.717) is 6.29 Å². The van der Waals surface area contributed by atoms with E-state index in [2.05, 4.69) is 0 Å². The first-order chi connectivity index (χ1) is 3.68. The smallest absolute Gasteiger partial charge is 0.153 e. The van der Waals surface area contributed by atoms with E-state index >= 15 is 0 Å². The minimum atomic E-state index is -1.50. The van der Waals surface area contributed by atoms with Crippen LogP contribution in [0.3, 0.4) is 0 Å². The molecule has 0 aromatic heterocycles. The monoisotopic (exact) mass is 118 g/mol. The average Bonchev–Trinajstić information content (AvgIpc) is 1.87. The van der Waals surface area contributed by atoms with Crippen LogP contribution in [0, 0.1) is 0 Å². The second kappa shape index (κ2) is 2.79. The van der Waals surface area contributed by atoms with Gasteiger partial charge in [-0.25, -0.2) is 0 Å². The van der Waals surface area contributed by atoms with Crippen LogP contribution in [0.1, 0.15) is 13.3 Å². The van der Waals surface area contributed by atoms with Crippen molar-refractivity contribution in [3.63, 3.8) is 0 Å². The van der Waals surface area contributed by atoms with Gasteiger partial charge in [0, 0.05) is 0 Å². The largest absolute Gasteiger partial charge is 0.393 e. The van der Waals surface area contributed by atoms with Gasteiger partial charge in [-0.2, -0.15) is 0 Å². The van der Waals surface area contributed by atoms with E-state index in [1.54, 1.807) is 6.92 Å². The summed E-state index contributed by atoms with van der Waals surface area (Å²) in [4.78, 5) is 9.88. The summed E-state index contributed by atoms with van der Waals surface area (Å²) in [6, 6.07) is 0. The lowest BCUT2D eigenvalue weighted by atomic mass is 10.1. The molecule has 0 aromatic carbocycles. The van der Waals surface area contributed by atoms with Crippen LogP contribution in [0.5, 0.6) is 0 Å². The van der Waals surface area contributed by atoms with Crippen molar-refractivity contribution < 1.29 is 15.0 Å². The Kier molecular flexibility index (Phi) is 2.65. The molecule has 0 fully saturated rings. The standard InChI is InChI=1S/C5H10O3/c1-2-5(8,3-6)4-7/h3,7-8H,2,4H2,1H3. The molecule has 0 amide bonds. The quantitative estimate of drug-likeness (QED) is 0.483. The zero-order valence-electron chi connectivity index (χ0n) is 4.79. The van der Waals surface area contributed by atoms with Crippen molar-refractivity contribution in [2.75, 3.05) is 6.61 Å². The Bertz CT molecular complexity index is 75.7. The number of aldehydes is 1. The molecule has 0 aliphatic heterocycles. The molecule has 1 atom stereocenters. The van der Waals surface area contributed by atoms with Gasteiger partial charge in [0.1, 0.15) is 5.60 Å². The topological polar surface area (TPSA) is 57.5 Å². The van der Waals surface area contributed by atoms with Crippen molar-refractivity contribution in [1.29, 1.82) is 0 Å². The lowest BCUT2D eigenvalue weighted by Crippen LogP contribution is -2.33. The highest BCUT2D eigenvalue weighted by molar-refractivity contribution is 5.61. The second-order valence-electron chi connectivity index (χ2n) is 1.73. The first-order valence-corrected chi connectivity index (χ1v) is 2.48. The summed E-state index contributed by atoms with van der Waals surface area (Å²) in [6.45, 7) is 1.14. The molecule has 48 valence electrons. The molecular weight excluding hydrogens is 108 g/mol. The lowest BCUT2D eigenvalue weighted by Gasteiger charge is -2.14. The van der Waals surface area contributed by atoms with Crippen LogP contribution >= 0.6 is 0 Å². The average molecular weight is 118 g/mol. The predicted molar refractivity (Wildman–Crippen MR) is 28.4 cm³/mol. The fourth-order valence-electron chi connectivity index (χ4n) is 0.232. The summed E-state index contributed by atoms with van der Waals surface area (Å²) in [7, 11) is 0. The van der Waals surface area contributed by atoms with Crippen LogP contribution < -0.4 is 0 Å². The van der Waals surface area contributed by atoms with Crippen LogP contribution in [-0.4, -0.2) is 28.7 Å². The molecule has 2 N–H and O–H groups in total.